The Morgan fingerprint density at radius 2 is 1.72 bits per heavy atom. The van der Waals surface area contributed by atoms with Crippen LogP contribution in [0.2, 0.25) is 0 Å². The van der Waals surface area contributed by atoms with E-state index in [1.54, 1.807) is 25.7 Å². The molecule has 0 radical (unpaired) electrons. The van der Waals surface area contributed by atoms with Crippen molar-refractivity contribution in [2.75, 3.05) is 20.2 Å². The molecule has 2 amide bonds. The molecule has 1 fully saturated rings. The van der Waals surface area contributed by atoms with Crippen molar-refractivity contribution in [2.45, 2.75) is 52.2 Å². The van der Waals surface area contributed by atoms with Gasteiger partial charge in [0.1, 0.15) is 11.6 Å². The summed E-state index contributed by atoms with van der Waals surface area (Å²) in [5.74, 6) is -1.29. The smallest absolute Gasteiger partial charge is 0.408 e. The number of alkyl carbamates (subject to hydrolysis) is 1. The van der Waals surface area contributed by atoms with Gasteiger partial charge in [0.05, 0.1) is 13.0 Å². The van der Waals surface area contributed by atoms with Crippen molar-refractivity contribution in [3.05, 3.63) is 35.9 Å². The summed E-state index contributed by atoms with van der Waals surface area (Å²) in [6, 6.07) is 8.90. The number of benzene rings is 1. The highest BCUT2D eigenvalue weighted by Crippen LogP contribution is 2.34. The van der Waals surface area contributed by atoms with E-state index in [1.165, 1.54) is 7.11 Å². The zero-order valence-corrected chi connectivity index (χ0v) is 18.1. The number of methoxy groups -OCH3 is 1. The van der Waals surface area contributed by atoms with Crippen LogP contribution in [0.4, 0.5) is 4.79 Å². The summed E-state index contributed by atoms with van der Waals surface area (Å²) < 4.78 is 10.3. The molecule has 1 aromatic carbocycles. The summed E-state index contributed by atoms with van der Waals surface area (Å²) in [4.78, 5) is 39.4. The Morgan fingerprint density at radius 3 is 2.24 bits per heavy atom. The van der Waals surface area contributed by atoms with E-state index in [4.69, 9.17) is 9.47 Å². The fraction of sp³-hybridized carbons (Fsp3) is 0.591. The minimum Gasteiger partial charge on any atom is -0.469 e. The van der Waals surface area contributed by atoms with Gasteiger partial charge < -0.3 is 19.7 Å². The van der Waals surface area contributed by atoms with E-state index in [-0.39, 0.29) is 30.3 Å². The molecule has 1 unspecified atom stereocenters. The summed E-state index contributed by atoms with van der Waals surface area (Å²) >= 11 is 0. The van der Waals surface area contributed by atoms with Gasteiger partial charge in [0.15, 0.2) is 0 Å². The Bertz CT molecular complexity index is 726. The van der Waals surface area contributed by atoms with E-state index in [2.05, 4.69) is 5.32 Å². The molecule has 7 nitrogen and oxygen atoms in total. The normalized spacial score (nSPS) is 20.3. The molecule has 2 rings (SSSR count). The molecule has 0 spiro atoms. The van der Waals surface area contributed by atoms with E-state index >= 15 is 0 Å². The molecule has 0 aromatic heterocycles. The largest absolute Gasteiger partial charge is 0.469 e. The maximum atomic E-state index is 13.2. The summed E-state index contributed by atoms with van der Waals surface area (Å²) in [5, 5.41) is 2.69. The molecule has 1 N–H and O–H groups in total. The minimum atomic E-state index is -0.738. The van der Waals surface area contributed by atoms with Crippen molar-refractivity contribution >= 4 is 18.0 Å². The van der Waals surface area contributed by atoms with Crippen LogP contribution >= 0.6 is 0 Å². The number of carbonyl (C=O) groups is 3. The van der Waals surface area contributed by atoms with Crippen LogP contribution in [0.5, 0.6) is 0 Å². The van der Waals surface area contributed by atoms with Crippen LogP contribution in [0.1, 0.15) is 46.1 Å². The first kappa shape index (κ1) is 22.7. The number of likely N-dealkylation sites (tertiary alicyclic amines) is 1. The van der Waals surface area contributed by atoms with Crippen LogP contribution < -0.4 is 5.32 Å². The quantitative estimate of drug-likeness (QED) is 0.763. The zero-order valence-electron chi connectivity index (χ0n) is 18.1. The molecule has 3 atom stereocenters. The van der Waals surface area contributed by atoms with E-state index in [0.29, 0.717) is 6.54 Å². The van der Waals surface area contributed by atoms with E-state index in [0.717, 1.165) is 5.56 Å². The van der Waals surface area contributed by atoms with Crippen molar-refractivity contribution in [2.24, 2.45) is 11.8 Å². The number of amides is 2. The van der Waals surface area contributed by atoms with Crippen LogP contribution in [-0.2, 0) is 19.1 Å². The Kier molecular flexibility index (Phi) is 7.27. The lowest BCUT2D eigenvalue weighted by atomic mass is 9.89. The molecule has 1 heterocycles. The number of esters is 1. The Balaban J connectivity index is 2.19. The van der Waals surface area contributed by atoms with Crippen LogP contribution in [0, 0.1) is 11.8 Å². The zero-order chi connectivity index (χ0) is 21.8. The molecular weight excluding hydrogens is 372 g/mol. The van der Waals surface area contributed by atoms with E-state index < -0.39 is 23.7 Å². The average molecular weight is 405 g/mol. The van der Waals surface area contributed by atoms with Crippen molar-refractivity contribution in [1.29, 1.82) is 0 Å². The first-order valence-corrected chi connectivity index (χ1v) is 9.94. The molecule has 0 bridgehead atoms. The Labute approximate surface area is 172 Å². The number of hydrogen-bond donors (Lipinski definition) is 1. The molecule has 29 heavy (non-hydrogen) atoms. The van der Waals surface area contributed by atoms with Gasteiger partial charge >= 0.3 is 12.1 Å². The molecule has 160 valence electrons. The molecule has 1 aromatic rings. The third-order valence-electron chi connectivity index (χ3n) is 4.97. The van der Waals surface area contributed by atoms with E-state index in [9.17, 15) is 14.4 Å². The number of nitrogens with zero attached hydrogens (tertiary/aromatic N) is 1. The van der Waals surface area contributed by atoms with Crippen molar-refractivity contribution in [1.82, 2.24) is 10.2 Å². The highest BCUT2D eigenvalue weighted by molar-refractivity contribution is 5.87. The predicted octanol–water partition coefficient (Wildman–Crippen LogP) is 2.95. The third-order valence-corrected chi connectivity index (χ3v) is 4.97. The monoisotopic (exact) mass is 404 g/mol. The molecule has 0 aliphatic carbocycles. The predicted molar refractivity (Wildman–Crippen MR) is 109 cm³/mol. The van der Waals surface area contributed by atoms with Crippen molar-refractivity contribution < 1.29 is 23.9 Å². The van der Waals surface area contributed by atoms with Crippen molar-refractivity contribution in [3.8, 4) is 0 Å². The van der Waals surface area contributed by atoms with Gasteiger partial charge in [-0.05, 0) is 32.3 Å². The van der Waals surface area contributed by atoms with Gasteiger partial charge in [-0.15, -0.1) is 0 Å². The second-order valence-electron chi connectivity index (χ2n) is 8.76. The fourth-order valence-corrected chi connectivity index (χ4v) is 3.56. The third kappa shape index (κ3) is 5.95. The first-order valence-electron chi connectivity index (χ1n) is 9.94. The van der Waals surface area contributed by atoms with Gasteiger partial charge in [0.25, 0.3) is 0 Å². The summed E-state index contributed by atoms with van der Waals surface area (Å²) in [5.41, 5.74) is 0.329. The molecule has 1 aliphatic heterocycles. The molecular formula is C22H32N2O5. The minimum absolute atomic E-state index is 0.137. The maximum Gasteiger partial charge on any atom is 0.408 e. The van der Waals surface area contributed by atoms with Gasteiger partial charge in [0, 0.05) is 19.0 Å². The van der Waals surface area contributed by atoms with Gasteiger partial charge in [-0.3, -0.25) is 9.59 Å². The fourth-order valence-electron chi connectivity index (χ4n) is 3.56. The second kappa shape index (κ2) is 9.29. The van der Waals surface area contributed by atoms with Crippen LogP contribution in [0.15, 0.2) is 30.3 Å². The topological polar surface area (TPSA) is 84.9 Å². The average Bonchev–Trinajstić information content (AvgIpc) is 3.09. The van der Waals surface area contributed by atoms with Gasteiger partial charge in [0.2, 0.25) is 5.91 Å². The number of carbonyl (C=O) groups excluding carboxylic acids is 3. The molecule has 7 heteroatoms. The lowest BCUT2D eigenvalue weighted by Crippen LogP contribution is -2.51. The maximum absolute atomic E-state index is 13.2. The lowest BCUT2D eigenvalue weighted by Gasteiger charge is -2.28. The van der Waals surface area contributed by atoms with Gasteiger partial charge in [-0.25, -0.2) is 4.79 Å². The standard InChI is InChI=1S/C22H32N2O5/c1-14(2)18(23-21(27)29-22(3,4)5)19(25)24-12-16(15-10-8-7-9-11-15)17(13-24)20(26)28-6/h7-11,14,16-18H,12-13H2,1-6H3,(H,23,27)/t16-,17+,18?/m1/s1. The highest BCUT2D eigenvalue weighted by atomic mass is 16.6. The SMILES string of the molecule is COC(=O)[C@H]1CN(C(=O)C(NC(=O)OC(C)(C)C)C(C)C)C[C@@H]1c1ccccc1. The number of rotatable bonds is 5. The van der Waals surface area contributed by atoms with E-state index in [1.807, 2.05) is 44.2 Å². The Morgan fingerprint density at radius 1 is 1.10 bits per heavy atom. The first-order chi connectivity index (χ1) is 13.5. The van der Waals surface area contributed by atoms with Crippen molar-refractivity contribution in [3.63, 3.8) is 0 Å². The van der Waals surface area contributed by atoms with Gasteiger partial charge in [-0.2, -0.15) is 0 Å². The Hall–Kier alpha value is -2.57. The second-order valence-corrected chi connectivity index (χ2v) is 8.76. The van der Waals surface area contributed by atoms with Crippen LogP contribution in [0.25, 0.3) is 0 Å². The number of hydrogen-bond acceptors (Lipinski definition) is 5. The number of nitrogens with one attached hydrogen (secondary N) is 1. The highest BCUT2D eigenvalue weighted by Gasteiger charge is 2.43. The summed E-state index contributed by atoms with van der Waals surface area (Å²) in [6.07, 6.45) is -0.632. The lowest BCUT2D eigenvalue weighted by molar-refractivity contribution is -0.145. The summed E-state index contributed by atoms with van der Waals surface area (Å²) in [7, 11) is 1.36. The van der Waals surface area contributed by atoms with Crippen LogP contribution in [0.3, 0.4) is 0 Å². The molecule has 0 saturated carbocycles. The molecule has 1 saturated heterocycles. The van der Waals surface area contributed by atoms with Crippen LogP contribution in [-0.4, -0.2) is 54.7 Å². The summed E-state index contributed by atoms with van der Waals surface area (Å²) in [6.45, 7) is 9.68. The number of ether oxygens (including phenoxy) is 2. The molecule has 1 aliphatic rings. The van der Waals surface area contributed by atoms with Gasteiger partial charge in [-0.1, -0.05) is 44.2 Å².